The highest BCUT2D eigenvalue weighted by Gasteiger charge is 2.35. The van der Waals surface area contributed by atoms with E-state index in [1.165, 1.54) is 12.3 Å². The van der Waals surface area contributed by atoms with Crippen molar-refractivity contribution in [3.8, 4) is 0 Å². The van der Waals surface area contributed by atoms with Crippen LogP contribution in [0.4, 0.5) is 4.79 Å². The number of hydrogen-bond acceptors (Lipinski definition) is 5. The molecule has 1 aliphatic heterocycles. The second kappa shape index (κ2) is 9.75. The summed E-state index contributed by atoms with van der Waals surface area (Å²) >= 11 is 0. The van der Waals surface area contributed by atoms with Crippen molar-refractivity contribution in [3.05, 3.63) is 102 Å². The summed E-state index contributed by atoms with van der Waals surface area (Å²) in [5, 5.41) is 5.81. The molecular formula is C27H22N4O5. The van der Waals surface area contributed by atoms with Crippen LogP contribution in [0.1, 0.15) is 16.9 Å². The van der Waals surface area contributed by atoms with E-state index >= 15 is 0 Å². The van der Waals surface area contributed by atoms with Gasteiger partial charge in [0, 0.05) is 22.7 Å². The number of imide groups is 2. The molecule has 4 aromatic rings. The zero-order chi connectivity index (χ0) is 25.1. The van der Waals surface area contributed by atoms with Gasteiger partial charge in [0.25, 0.3) is 11.8 Å². The maximum atomic E-state index is 13.2. The molecule has 1 fully saturated rings. The lowest BCUT2D eigenvalue weighted by Gasteiger charge is -2.26. The summed E-state index contributed by atoms with van der Waals surface area (Å²) in [6.07, 6.45) is 4.71. The van der Waals surface area contributed by atoms with Crippen LogP contribution in [-0.2, 0) is 34.0 Å². The van der Waals surface area contributed by atoms with Crippen LogP contribution in [0.3, 0.4) is 0 Å². The molecule has 5 rings (SSSR count). The number of furan rings is 1. The Labute approximate surface area is 206 Å². The fourth-order valence-corrected chi connectivity index (χ4v) is 4.09. The normalized spacial score (nSPS) is 14.9. The Bertz CT molecular complexity index is 1490. The Balaban J connectivity index is 1.42. The third kappa shape index (κ3) is 4.67. The third-order valence-electron chi connectivity index (χ3n) is 5.84. The molecule has 0 spiro atoms. The fraction of sp³-hybridized carbons (Fsp3) is 0.111. The highest BCUT2D eigenvalue weighted by Crippen LogP contribution is 2.25. The van der Waals surface area contributed by atoms with Gasteiger partial charge in [-0.25, -0.2) is 4.79 Å². The maximum absolute atomic E-state index is 13.2. The number of aromatic nitrogens is 1. The molecule has 9 heteroatoms. The summed E-state index contributed by atoms with van der Waals surface area (Å²) in [5.41, 5.74) is 1.94. The molecule has 0 saturated carbocycles. The van der Waals surface area contributed by atoms with E-state index in [9.17, 15) is 19.2 Å². The van der Waals surface area contributed by atoms with Crippen LogP contribution in [-0.4, -0.2) is 33.2 Å². The Morgan fingerprint density at radius 3 is 2.53 bits per heavy atom. The molecule has 0 unspecified atom stereocenters. The van der Waals surface area contributed by atoms with Crippen LogP contribution in [0, 0.1) is 0 Å². The molecule has 2 N–H and O–H groups in total. The first-order valence-electron chi connectivity index (χ1n) is 11.3. The Kier molecular flexibility index (Phi) is 6.19. The van der Waals surface area contributed by atoms with Crippen LogP contribution >= 0.6 is 0 Å². The van der Waals surface area contributed by atoms with Gasteiger partial charge in [-0.15, -0.1) is 0 Å². The molecule has 0 atom stereocenters. The van der Waals surface area contributed by atoms with Gasteiger partial charge in [-0.05, 0) is 29.8 Å². The first-order valence-corrected chi connectivity index (χ1v) is 11.3. The molecule has 0 aliphatic carbocycles. The minimum absolute atomic E-state index is 0.0309. The lowest BCUT2D eigenvalue weighted by Crippen LogP contribution is -2.53. The van der Waals surface area contributed by atoms with Gasteiger partial charge in [0.2, 0.25) is 5.91 Å². The Morgan fingerprint density at radius 2 is 1.75 bits per heavy atom. The summed E-state index contributed by atoms with van der Waals surface area (Å²) < 4.78 is 6.99. The molecule has 2 aromatic heterocycles. The van der Waals surface area contributed by atoms with Gasteiger partial charge in [0.15, 0.2) is 0 Å². The number of amides is 5. The summed E-state index contributed by atoms with van der Waals surface area (Å²) in [4.78, 5) is 51.7. The SMILES string of the molecule is O=C(Cn1cc(/C=C2\C(=O)NC(=O)N(Cc3ccccc3)C2=O)c2ccccc21)NCc1ccco1. The number of nitrogens with zero attached hydrogens (tertiary/aromatic N) is 2. The van der Waals surface area contributed by atoms with Crippen LogP contribution in [0.5, 0.6) is 0 Å². The fourth-order valence-electron chi connectivity index (χ4n) is 4.09. The van der Waals surface area contributed by atoms with Crippen molar-refractivity contribution in [2.45, 2.75) is 19.6 Å². The molecule has 0 radical (unpaired) electrons. The zero-order valence-corrected chi connectivity index (χ0v) is 19.1. The smallest absolute Gasteiger partial charge is 0.331 e. The highest BCUT2D eigenvalue weighted by molar-refractivity contribution is 6.31. The number of carbonyl (C=O) groups excluding carboxylic acids is 4. The maximum Gasteiger partial charge on any atom is 0.331 e. The first kappa shape index (κ1) is 22.9. The number of rotatable bonds is 7. The van der Waals surface area contributed by atoms with Gasteiger partial charge >= 0.3 is 6.03 Å². The molecule has 2 aromatic carbocycles. The molecular weight excluding hydrogens is 460 g/mol. The van der Waals surface area contributed by atoms with Gasteiger partial charge in [-0.3, -0.25) is 24.6 Å². The predicted octanol–water partition coefficient (Wildman–Crippen LogP) is 3.21. The minimum Gasteiger partial charge on any atom is -0.467 e. The second-order valence-electron chi connectivity index (χ2n) is 8.28. The van der Waals surface area contributed by atoms with E-state index in [4.69, 9.17) is 4.42 Å². The van der Waals surface area contributed by atoms with Gasteiger partial charge in [0.1, 0.15) is 17.9 Å². The van der Waals surface area contributed by atoms with Crippen molar-refractivity contribution >= 4 is 40.7 Å². The lowest BCUT2D eigenvalue weighted by atomic mass is 10.1. The number of urea groups is 1. The minimum atomic E-state index is -0.762. The van der Waals surface area contributed by atoms with Crippen molar-refractivity contribution in [3.63, 3.8) is 0 Å². The average Bonchev–Trinajstić information content (AvgIpc) is 3.52. The molecule has 36 heavy (non-hydrogen) atoms. The largest absolute Gasteiger partial charge is 0.467 e. The van der Waals surface area contributed by atoms with E-state index in [0.29, 0.717) is 11.3 Å². The van der Waals surface area contributed by atoms with E-state index < -0.39 is 17.8 Å². The molecule has 1 aliphatic rings. The number of carbonyl (C=O) groups is 4. The predicted molar refractivity (Wildman–Crippen MR) is 131 cm³/mol. The summed E-state index contributed by atoms with van der Waals surface area (Å²) in [6, 6.07) is 19.2. The van der Waals surface area contributed by atoms with Crippen molar-refractivity contribution in [2.75, 3.05) is 0 Å². The second-order valence-corrected chi connectivity index (χ2v) is 8.28. The molecule has 9 nitrogen and oxygen atoms in total. The summed E-state index contributed by atoms with van der Waals surface area (Å²) in [5.74, 6) is -1.03. The van der Waals surface area contributed by atoms with E-state index in [-0.39, 0.29) is 31.1 Å². The van der Waals surface area contributed by atoms with E-state index in [1.54, 1.807) is 35.0 Å². The quantitative estimate of drug-likeness (QED) is 0.310. The van der Waals surface area contributed by atoms with Crippen molar-refractivity contribution < 1.29 is 23.6 Å². The number of fused-ring (bicyclic) bond motifs is 1. The van der Waals surface area contributed by atoms with Gasteiger partial charge in [-0.2, -0.15) is 0 Å². The van der Waals surface area contributed by atoms with Crippen molar-refractivity contribution in [1.29, 1.82) is 0 Å². The monoisotopic (exact) mass is 482 g/mol. The van der Waals surface area contributed by atoms with Crippen LogP contribution in [0.25, 0.3) is 17.0 Å². The molecule has 1 saturated heterocycles. The van der Waals surface area contributed by atoms with Gasteiger partial charge in [0.05, 0.1) is 19.4 Å². The number of nitrogens with one attached hydrogen (secondary N) is 2. The average molecular weight is 482 g/mol. The highest BCUT2D eigenvalue weighted by atomic mass is 16.3. The third-order valence-corrected chi connectivity index (χ3v) is 5.84. The van der Waals surface area contributed by atoms with E-state index in [0.717, 1.165) is 21.4 Å². The van der Waals surface area contributed by atoms with Crippen molar-refractivity contribution in [2.24, 2.45) is 0 Å². The van der Waals surface area contributed by atoms with Crippen molar-refractivity contribution in [1.82, 2.24) is 20.1 Å². The van der Waals surface area contributed by atoms with E-state index in [2.05, 4.69) is 10.6 Å². The number of para-hydroxylation sites is 1. The van der Waals surface area contributed by atoms with Gasteiger partial charge < -0.3 is 14.3 Å². The Hall–Kier alpha value is -4.92. The molecule has 0 bridgehead atoms. The summed E-state index contributed by atoms with van der Waals surface area (Å²) in [6.45, 7) is 0.332. The van der Waals surface area contributed by atoms with Crippen LogP contribution in [0.2, 0.25) is 0 Å². The summed E-state index contributed by atoms with van der Waals surface area (Å²) in [7, 11) is 0. The molecule has 180 valence electrons. The van der Waals surface area contributed by atoms with Gasteiger partial charge in [-0.1, -0.05) is 48.5 Å². The van der Waals surface area contributed by atoms with Crippen LogP contribution < -0.4 is 10.6 Å². The lowest BCUT2D eigenvalue weighted by molar-refractivity contribution is -0.130. The number of barbiturate groups is 1. The number of benzene rings is 2. The standard InChI is InChI=1S/C27H22N4O5/c32-24(28-14-20-9-6-12-36-20)17-30-16-19(21-10-4-5-11-23(21)30)13-22-25(33)29-27(35)31(26(22)34)15-18-7-2-1-3-8-18/h1-13,16H,14-15,17H2,(H,28,32)(H,29,33,35)/b22-13+. The topological polar surface area (TPSA) is 114 Å². The molecule has 5 amide bonds. The number of hydrogen-bond donors (Lipinski definition) is 2. The first-order chi connectivity index (χ1) is 17.5. The Morgan fingerprint density at radius 1 is 0.972 bits per heavy atom. The van der Waals surface area contributed by atoms with Crippen LogP contribution in [0.15, 0.2) is 89.2 Å². The zero-order valence-electron chi connectivity index (χ0n) is 19.1. The van der Waals surface area contributed by atoms with E-state index in [1.807, 2.05) is 42.5 Å². The molecule has 3 heterocycles.